The molecular formula is C25H17F3N2O6S. The predicted octanol–water partition coefficient (Wildman–Crippen LogP) is 4.78. The standard InChI is InChI=1S/C25H17F3N2O6S/c26-25(27,28)37(35,36)29-22-12-5-4-11-20(22)24(32,14-13-17-7-2-1-3-8-17)21(16-31)23(29)18-9-6-10-19(15-18)30(33)34/h1-16,32H/b14-13+/t24-/m1/s1. The molecule has 0 bridgehead atoms. The van der Waals surface area contributed by atoms with Crippen molar-refractivity contribution < 1.29 is 36.4 Å². The number of alkyl halides is 3. The highest BCUT2D eigenvalue weighted by atomic mass is 32.2. The summed E-state index contributed by atoms with van der Waals surface area (Å²) in [5, 5.41) is 23.2. The van der Waals surface area contributed by atoms with Crippen LogP contribution >= 0.6 is 0 Å². The van der Waals surface area contributed by atoms with E-state index in [1.54, 1.807) is 30.3 Å². The molecule has 1 aliphatic rings. The Morgan fingerprint density at radius 1 is 0.973 bits per heavy atom. The lowest BCUT2D eigenvalue weighted by Crippen LogP contribution is -2.46. The molecule has 0 unspecified atom stereocenters. The molecule has 1 N–H and O–H groups in total. The number of nitro groups is 1. The monoisotopic (exact) mass is 530 g/mol. The van der Waals surface area contributed by atoms with Crippen molar-refractivity contribution in [2.24, 2.45) is 0 Å². The van der Waals surface area contributed by atoms with Crippen LogP contribution in [0.1, 0.15) is 16.7 Å². The molecule has 4 rings (SSSR count). The fourth-order valence-electron chi connectivity index (χ4n) is 4.03. The summed E-state index contributed by atoms with van der Waals surface area (Å²) in [6.07, 6.45) is 2.61. The number of hydrogen-bond acceptors (Lipinski definition) is 6. The molecule has 0 amide bonds. The average molecular weight is 530 g/mol. The maximum atomic E-state index is 13.9. The van der Waals surface area contributed by atoms with Gasteiger partial charge in [0.25, 0.3) is 5.69 Å². The van der Waals surface area contributed by atoms with Gasteiger partial charge in [-0.15, -0.1) is 0 Å². The quantitative estimate of drug-likeness (QED) is 0.279. The van der Waals surface area contributed by atoms with Crippen LogP contribution in [0.5, 0.6) is 0 Å². The van der Waals surface area contributed by atoms with E-state index in [1.165, 1.54) is 24.3 Å². The lowest BCUT2D eigenvalue weighted by molar-refractivity contribution is -0.384. The average Bonchev–Trinajstić information content (AvgIpc) is 2.87. The number of nitro benzene ring substituents is 1. The normalized spacial score (nSPS) is 18.1. The highest BCUT2D eigenvalue weighted by molar-refractivity contribution is 7.94. The molecule has 3 aromatic rings. The number of carbonyl (C=O) groups excluding carboxylic acids is 1. The van der Waals surface area contributed by atoms with Crippen LogP contribution in [0.25, 0.3) is 11.8 Å². The van der Waals surface area contributed by atoms with E-state index in [0.29, 0.717) is 5.56 Å². The van der Waals surface area contributed by atoms with Crippen LogP contribution < -0.4 is 4.31 Å². The molecular weight excluding hydrogens is 513 g/mol. The van der Waals surface area contributed by atoms with Gasteiger partial charge >= 0.3 is 15.5 Å². The molecule has 0 saturated carbocycles. The van der Waals surface area contributed by atoms with Crippen molar-refractivity contribution in [3.8, 4) is 0 Å². The summed E-state index contributed by atoms with van der Waals surface area (Å²) in [4.78, 5) is 23.0. The molecule has 1 atom stereocenters. The number of sulfonamides is 1. The van der Waals surface area contributed by atoms with Gasteiger partial charge in [0.05, 0.1) is 21.9 Å². The van der Waals surface area contributed by atoms with E-state index in [-0.39, 0.29) is 16.2 Å². The number of hydrogen-bond donors (Lipinski definition) is 1. The smallest absolute Gasteiger partial charge is 0.376 e. The van der Waals surface area contributed by atoms with E-state index in [1.807, 2.05) is 0 Å². The summed E-state index contributed by atoms with van der Waals surface area (Å²) >= 11 is 0. The predicted molar refractivity (Wildman–Crippen MR) is 129 cm³/mol. The Morgan fingerprint density at radius 3 is 2.24 bits per heavy atom. The number of fused-ring (bicyclic) bond motifs is 1. The van der Waals surface area contributed by atoms with E-state index >= 15 is 0 Å². The second-order valence-corrected chi connectivity index (χ2v) is 9.71. The van der Waals surface area contributed by atoms with Crippen LogP contribution in [0.15, 0.2) is 90.5 Å². The van der Waals surface area contributed by atoms with Crippen molar-refractivity contribution in [2.45, 2.75) is 11.1 Å². The fourth-order valence-corrected chi connectivity index (χ4v) is 5.10. The molecule has 0 radical (unpaired) electrons. The summed E-state index contributed by atoms with van der Waals surface area (Å²) in [6, 6.07) is 17.4. The number of anilines is 1. The van der Waals surface area contributed by atoms with Crippen molar-refractivity contribution in [3.05, 3.63) is 117 Å². The fraction of sp³-hybridized carbons (Fsp3) is 0.0800. The molecule has 12 heteroatoms. The van der Waals surface area contributed by atoms with E-state index in [9.17, 15) is 41.6 Å². The molecule has 0 fully saturated rings. The third-order valence-electron chi connectivity index (χ3n) is 5.70. The van der Waals surface area contributed by atoms with Crippen molar-refractivity contribution in [1.82, 2.24) is 0 Å². The summed E-state index contributed by atoms with van der Waals surface area (Å²) in [7, 11) is -6.19. The summed E-state index contributed by atoms with van der Waals surface area (Å²) in [6.45, 7) is 0. The zero-order valence-electron chi connectivity index (χ0n) is 18.7. The lowest BCUT2D eigenvalue weighted by Gasteiger charge is -2.40. The Hall–Kier alpha value is -4.29. The highest BCUT2D eigenvalue weighted by Crippen LogP contribution is 2.50. The van der Waals surface area contributed by atoms with Gasteiger partial charge in [0, 0.05) is 23.3 Å². The van der Waals surface area contributed by atoms with Crippen molar-refractivity contribution in [1.29, 1.82) is 0 Å². The largest absolute Gasteiger partial charge is 0.517 e. The zero-order valence-corrected chi connectivity index (χ0v) is 19.5. The number of para-hydroxylation sites is 1. The minimum atomic E-state index is -6.19. The molecule has 0 aromatic heterocycles. The Balaban J connectivity index is 2.13. The Labute approximate surface area is 208 Å². The van der Waals surface area contributed by atoms with Gasteiger partial charge in [-0.25, -0.2) is 4.31 Å². The second-order valence-electron chi connectivity index (χ2n) is 7.93. The van der Waals surface area contributed by atoms with Gasteiger partial charge in [0.1, 0.15) is 5.60 Å². The molecule has 8 nitrogen and oxygen atoms in total. The number of aliphatic hydroxyl groups is 1. The molecule has 0 saturated heterocycles. The molecule has 190 valence electrons. The second kappa shape index (κ2) is 9.30. The summed E-state index contributed by atoms with van der Waals surface area (Å²) in [5.74, 6) is 0. The van der Waals surface area contributed by atoms with Crippen LogP contribution in [-0.2, 0) is 20.4 Å². The van der Waals surface area contributed by atoms with Gasteiger partial charge in [0.15, 0.2) is 6.29 Å². The first kappa shape index (κ1) is 25.8. The molecule has 0 aliphatic carbocycles. The minimum absolute atomic E-state index is 0.0400. The number of rotatable bonds is 6. The topological polar surface area (TPSA) is 118 Å². The first-order valence-electron chi connectivity index (χ1n) is 10.5. The molecule has 37 heavy (non-hydrogen) atoms. The molecule has 0 spiro atoms. The number of halogens is 3. The number of carbonyl (C=O) groups is 1. The van der Waals surface area contributed by atoms with E-state index in [4.69, 9.17) is 0 Å². The third-order valence-corrected chi connectivity index (χ3v) is 7.14. The molecule has 3 aromatic carbocycles. The lowest BCUT2D eigenvalue weighted by atomic mass is 9.80. The van der Waals surface area contributed by atoms with Crippen LogP contribution in [-0.4, -0.2) is 30.2 Å². The van der Waals surface area contributed by atoms with Crippen molar-refractivity contribution in [3.63, 3.8) is 0 Å². The van der Waals surface area contributed by atoms with Crippen LogP contribution in [0.2, 0.25) is 0 Å². The van der Waals surface area contributed by atoms with Gasteiger partial charge in [-0.05, 0) is 17.7 Å². The Kier molecular flexibility index (Phi) is 6.48. The maximum Gasteiger partial charge on any atom is 0.517 e. The number of non-ortho nitro benzene ring substituents is 1. The van der Waals surface area contributed by atoms with Gasteiger partial charge in [-0.3, -0.25) is 14.9 Å². The van der Waals surface area contributed by atoms with Crippen LogP contribution in [0.3, 0.4) is 0 Å². The van der Waals surface area contributed by atoms with Crippen molar-refractivity contribution in [2.75, 3.05) is 4.31 Å². The van der Waals surface area contributed by atoms with Crippen LogP contribution in [0, 0.1) is 10.1 Å². The zero-order chi connectivity index (χ0) is 27.0. The van der Waals surface area contributed by atoms with Gasteiger partial charge in [-0.2, -0.15) is 21.6 Å². The Morgan fingerprint density at radius 2 is 1.62 bits per heavy atom. The first-order valence-corrected chi connectivity index (χ1v) is 12.0. The Bertz CT molecular complexity index is 1550. The summed E-state index contributed by atoms with van der Waals surface area (Å²) in [5.41, 5.74) is -11.1. The minimum Gasteiger partial charge on any atom is -0.376 e. The highest BCUT2D eigenvalue weighted by Gasteiger charge is 2.55. The molecule has 1 heterocycles. The first-order chi connectivity index (χ1) is 17.4. The number of nitrogens with zero attached hydrogens (tertiary/aromatic N) is 2. The van der Waals surface area contributed by atoms with Gasteiger partial charge in [-0.1, -0.05) is 66.7 Å². The SMILES string of the molecule is O=CC1=C(c2cccc([N+](=O)[O-])c2)N(S(=O)(=O)C(F)(F)F)c2ccccc2[C@]1(O)/C=C/c1ccccc1. The van der Waals surface area contributed by atoms with E-state index in [2.05, 4.69) is 0 Å². The van der Waals surface area contributed by atoms with Gasteiger partial charge < -0.3 is 5.11 Å². The third kappa shape index (κ3) is 4.41. The number of aldehydes is 1. The number of benzene rings is 3. The maximum absolute atomic E-state index is 13.9. The van der Waals surface area contributed by atoms with Crippen molar-refractivity contribution >= 4 is 39.5 Å². The van der Waals surface area contributed by atoms with Gasteiger partial charge in [0.2, 0.25) is 0 Å². The van der Waals surface area contributed by atoms with E-state index < -0.39 is 54.3 Å². The van der Waals surface area contributed by atoms with Crippen LogP contribution in [0.4, 0.5) is 24.5 Å². The van der Waals surface area contributed by atoms with E-state index in [0.717, 1.165) is 36.4 Å². The summed E-state index contributed by atoms with van der Waals surface area (Å²) < 4.78 is 67.2. The molecule has 1 aliphatic heterocycles.